The van der Waals surface area contributed by atoms with E-state index in [9.17, 15) is 0 Å². The smallest absolute Gasteiger partial charge is 0.233 e. The molecule has 136 valence electrons. The third-order valence-electron chi connectivity index (χ3n) is 4.48. The summed E-state index contributed by atoms with van der Waals surface area (Å²) >= 11 is 0. The average Bonchev–Trinajstić information content (AvgIpc) is 3.22. The number of anilines is 2. The lowest BCUT2D eigenvalue weighted by atomic mass is 10.2. The van der Waals surface area contributed by atoms with Crippen molar-refractivity contribution in [1.82, 2.24) is 19.9 Å². The number of aromatic nitrogens is 4. The van der Waals surface area contributed by atoms with E-state index in [-0.39, 0.29) is 6.10 Å². The second kappa shape index (κ2) is 7.90. The predicted octanol–water partition coefficient (Wildman–Crippen LogP) is 4.00. The fraction of sp³-hybridized carbons (Fsp3) is 0.250. The average molecular weight is 360 g/mol. The lowest BCUT2D eigenvalue weighted by Crippen LogP contribution is -2.12. The van der Waals surface area contributed by atoms with Gasteiger partial charge in [0.25, 0.3) is 0 Å². The van der Waals surface area contributed by atoms with Crippen molar-refractivity contribution in [1.29, 1.82) is 5.41 Å². The van der Waals surface area contributed by atoms with Crippen LogP contribution in [0.1, 0.15) is 31.2 Å². The number of ether oxygens (including phenoxy) is 1. The molecule has 3 aromatic heterocycles. The maximum absolute atomic E-state index is 7.61. The molecule has 0 bridgehead atoms. The highest BCUT2D eigenvalue weighted by Gasteiger charge is 2.17. The Kier molecular flexibility index (Phi) is 5.00. The summed E-state index contributed by atoms with van der Waals surface area (Å²) in [6.07, 6.45) is 12.7. The van der Waals surface area contributed by atoms with Crippen LogP contribution >= 0.6 is 0 Å². The van der Waals surface area contributed by atoms with Crippen LogP contribution < -0.4 is 10.1 Å². The summed E-state index contributed by atoms with van der Waals surface area (Å²) in [6.45, 7) is 0. The van der Waals surface area contributed by atoms with Crippen LogP contribution in [-0.2, 0) is 0 Å². The molecular formula is C20H20N6O. The lowest BCUT2D eigenvalue weighted by Gasteiger charge is -2.13. The van der Waals surface area contributed by atoms with E-state index in [2.05, 4.69) is 25.3 Å². The van der Waals surface area contributed by atoms with E-state index >= 15 is 0 Å². The first kappa shape index (κ1) is 17.1. The molecule has 3 heterocycles. The highest BCUT2D eigenvalue weighted by molar-refractivity contribution is 5.87. The molecule has 0 aliphatic heterocycles. The summed E-state index contributed by atoms with van der Waals surface area (Å²) < 4.78 is 5.95. The Morgan fingerprint density at radius 2 is 1.96 bits per heavy atom. The van der Waals surface area contributed by atoms with Gasteiger partial charge in [0.2, 0.25) is 5.88 Å². The van der Waals surface area contributed by atoms with Gasteiger partial charge in [-0.15, -0.1) is 0 Å². The summed E-state index contributed by atoms with van der Waals surface area (Å²) in [7, 11) is 0. The van der Waals surface area contributed by atoms with Gasteiger partial charge < -0.3 is 15.5 Å². The van der Waals surface area contributed by atoms with Crippen LogP contribution in [0.25, 0.3) is 11.4 Å². The molecular weight excluding hydrogens is 340 g/mol. The fourth-order valence-corrected chi connectivity index (χ4v) is 3.11. The molecule has 0 amide bonds. The molecule has 0 radical (unpaired) electrons. The minimum Gasteiger partial charge on any atom is -0.473 e. The quantitative estimate of drug-likeness (QED) is 0.645. The fourth-order valence-electron chi connectivity index (χ4n) is 3.11. The highest BCUT2D eigenvalue weighted by atomic mass is 16.5. The minimum absolute atomic E-state index is 0.226. The summed E-state index contributed by atoms with van der Waals surface area (Å²) in [6, 6.07) is 7.46. The number of pyridine rings is 2. The number of hydrogen-bond acceptors (Lipinski definition) is 7. The van der Waals surface area contributed by atoms with Gasteiger partial charge >= 0.3 is 0 Å². The van der Waals surface area contributed by atoms with Crippen molar-refractivity contribution in [3.63, 3.8) is 0 Å². The second-order valence-corrected chi connectivity index (χ2v) is 6.41. The molecule has 0 unspecified atom stereocenters. The molecule has 2 N–H and O–H groups in total. The summed E-state index contributed by atoms with van der Waals surface area (Å²) in [4.78, 5) is 17.5. The van der Waals surface area contributed by atoms with E-state index in [0.29, 0.717) is 28.6 Å². The zero-order valence-corrected chi connectivity index (χ0v) is 14.8. The molecule has 1 aliphatic rings. The zero-order valence-electron chi connectivity index (χ0n) is 14.8. The first-order chi connectivity index (χ1) is 13.3. The van der Waals surface area contributed by atoms with Crippen LogP contribution in [0.3, 0.4) is 0 Å². The van der Waals surface area contributed by atoms with Gasteiger partial charge in [0.15, 0.2) is 0 Å². The molecule has 27 heavy (non-hydrogen) atoms. The largest absolute Gasteiger partial charge is 0.473 e. The predicted molar refractivity (Wildman–Crippen MR) is 104 cm³/mol. The van der Waals surface area contributed by atoms with Gasteiger partial charge in [0, 0.05) is 24.2 Å². The summed E-state index contributed by atoms with van der Waals surface area (Å²) in [5, 5.41) is 10.8. The Morgan fingerprint density at radius 1 is 1.07 bits per heavy atom. The molecule has 4 rings (SSSR count). The van der Waals surface area contributed by atoms with Crippen LogP contribution in [0.15, 0.2) is 49.1 Å². The molecule has 0 saturated heterocycles. The molecule has 0 aromatic carbocycles. The number of nitrogens with one attached hydrogen (secondary N) is 2. The van der Waals surface area contributed by atoms with Crippen molar-refractivity contribution >= 4 is 17.7 Å². The molecule has 1 aliphatic carbocycles. The van der Waals surface area contributed by atoms with Crippen LogP contribution in [0.4, 0.5) is 11.5 Å². The zero-order chi connectivity index (χ0) is 18.5. The molecule has 7 heteroatoms. The van der Waals surface area contributed by atoms with E-state index in [4.69, 9.17) is 10.1 Å². The van der Waals surface area contributed by atoms with Gasteiger partial charge in [-0.2, -0.15) is 0 Å². The molecule has 0 atom stereocenters. The van der Waals surface area contributed by atoms with Gasteiger partial charge in [-0.05, 0) is 43.9 Å². The standard InChI is InChI=1S/C20H20N6O/c21-10-14-11-24-17(9-16(14)25-19-7-3-4-8-23-19)18-12-22-13-20(26-18)27-15-5-1-2-6-15/h3-4,7-13,15,21H,1-2,5-6H2,(H,23,24,25). The Balaban J connectivity index is 1.61. The number of rotatable bonds is 6. The van der Waals surface area contributed by atoms with Crippen molar-refractivity contribution in [3.8, 4) is 17.3 Å². The van der Waals surface area contributed by atoms with Gasteiger partial charge in [-0.1, -0.05) is 6.07 Å². The molecule has 0 spiro atoms. The van der Waals surface area contributed by atoms with Crippen molar-refractivity contribution in [2.45, 2.75) is 31.8 Å². The van der Waals surface area contributed by atoms with E-state index in [1.807, 2.05) is 24.3 Å². The summed E-state index contributed by atoms with van der Waals surface area (Å²) in [5.74, 6) is 1.22. The lowest BCUT2D eigenvalue weighted by molar-refractivity contribution is 0.201. The van der Waals surface area contributed by atoms with Crippen LogP contribution in [0.5, 0.6) is 5.88 Å². The number of hydrogen-bond donors (Lipinski definition) is 2. The second-order valence-electron chi connectivity index (χ2n) is 6.41. The van der Waals surface area contributed by atoms with Gasteiger partial charge in [0.05, 0.1) is 23.8 Å². The molecule has 1 saturated carbocycles. The maximum Gasteiger partial charge on any atom is 0.233 e. The van der Waals surface area contributed by atoms with E-state index in [0.717, 1.165) is 18.5 Å². The third kappa shape index (κ3) is 4.08. The van der Waals surface area contributed by atoms with Gasteiger partial charge in [-0.3, -0.25) is 9.97 Å². The van der Waals surface area contributed by atoms with E-state index in [1.165, 1.54) is 19.1 Å². The first-order valence-corrected chi connectivity index (χ1v) is 8.99. The minimum atomic E-state index is 0.226. The van der Waals surface area contributed by atoms with Crippen molar-refractivity contribution in [2.24, 2.45) is 0 Å². The van der Waals surface area contributed by atoms with Crippen molar-refractivity contribution < 1.29 is 4.74 Å². The first-order valence-electron chi connectivity index (χ1n) is 8.99. The topological polar surface area (TPSA) is 96.7 Å². The monoisotopic (exact) mass is 360 g/mol. The molecule has 3 aromatic rings. The van der Waals surface area contributed by atoms with Gasteiger partial charge in [-0.25, -0.2) is 9.97 Å². The van der Waals surface area contributed by atoms with Gasteiger partial charge in [0.1, 0.15) is 17.6 Å². The van der Waals surface area contributed by atoms with Crippen molar-refractivity contribution in [3.05, 3.63) is 54.6 Å². The Hall–Kier alpha value is -3.35. The van der Waals surface area contributed by atoms with Crippen LogP contribution in [-0.4, -0.2) is 32.3 Å². The van der Waals surface area contributed by atoms with Crippen molar-refractivity contribution in [2.75, 3.05) is 5.32 Å². The SMILES string of the molecule is N=Cc1cnc(-c2cncc(OC3CCCC3)n2)cc1Nc1ccccn1. The Bertz CT molecular complexity index is 925. The van der Waals surface area contributed by atoms with Crippen LogP contribution in [0, 0.1) is 5.41 Å². The number of nitrogens with zero attached hydrogens (tertiary/aromatic N) is 4. The normalized spacial score (nSPS) is 14.1. The van der Waals surface area contributed by atoms with Crippen LogP contribution in [0.2, 0.25) is 0 Å². The summed E-state index contributed by atoms with van der Waals surface area (Å²) in [5.41, 5.74) is 2.68. The maximum atomic E-state index is 7.61. The highest BCUT2D eigenvalue weighted by Crippen LogP contribution is 2.26. The Morgan fingerprint density at radius 3 is 2.74 bits per heavy atom. The Labute approximate surface area is 157 Å². The van der Waals surface area contributed by atoms with E-state index < -0.39 is 0 Å². The third-order valence-corrected chi connectivity index (χ3v) is 4.48. The molecule has 7 nitrogen and oxygen atoms in total. The van der Waals surface area contributed by atoms with E-state index in [1.54, 1.807) is 24.8 Å². The molecule has 1 fully saturated rings.